The van der Waals surface area contributed by atoms with Crippen molar-refractivity contribution < 1.29 is 13.2 Å². The van der Waals surface area contributed by atoms with Gasteiger partial charge >= 0.3 is 0 Å². The average molecular weight is 303 g/mol. The Morgan fingerprint density at radius 3 is 2.47 bits per heavy atom. The van der Waals surface area contributed by atoms with E-state index in [4.69, 9.17) is 22.1 Å². The van der Waals surface area contributed by atoms with Gasteiger partial charge < -0.3 is 15.4 Å². The number of hydrogen-bond donors (Lipinski definition) is 3. The van der Waals surface area contributed by atoms with Crippen LogP contribution in [-0.2, 0) is 14.8 Å². The molecule has 0 bridgehead atoms. The lowest BCUT2D eigenvalue weighted by atomic mass is 10.3. The molecule has 0 heterocycles. The molecule has 8 heteroatoms. The molecule has 0 saturated carbocycles. The van der Waals surface area contributed by atoms with Gasteiger partial charge in [0.1, 0.15) is 0 Å². The smallest absolute Gasteiger partial charge is 0.238 e. The Bertz CT molecular complexity index is 529. The van der Waals surface area contributed by atoms with Crippen LogP contribution in [0.5, 0.6) is 0 Å². The average Bonchev–Trinajstić information content (AvgIpc) is 2.28. The Labute approximate surface area is 118 Å². The molecule has 0 aliphatic rings. The molecule has 4 N–H and O–H groups in total. The highest BCUT2D eigenvalue weighted by Crippen LogP contribution is 2.12. The van der Waals surface area contributed by atoms with E-state index in [0.29, 0.717) is 17.4 Å². The van der Waals surface area contributed by atoms with Crippen LogP contribution >= 0.6 is 12.2 Å². The Morgan fingerprint density at radius 1 is 1.42 bits per heavy atom. The van der Waals surface area contributed by atoms with E-state index in [9.17, 15) is 8.42 Å². The molecule has 0 radical (unpaired) electrons. The maximum atomic E-state index is 11.1. The maximum absolute atomic E-state index is 11.1. The van der Waals surface area contributed by atoms with Crippen LogP contribution in [0.25, 0.3) is 0 Å². The third-order valence-electron chi connectivity index (χ3n) is 2.23. The van der Waals surface area contributed by atoms with Crippen LogP contribution in [-0.4, -0.2) is 33.3 Å². The van der Waals surface area contributed by atoms with Gasteiger partial charge in [-0.15, -0.1) is 0 Å². The summed E-state index contributed by atoms with van der Waals surface area (Å²) in [7, 11) is -2.06. The molecule has 1 unspecified atom stereocenters. The van der Waals surface area contributed by atoms with E-state index in [2.05, 4.69) is 10.6 Å². The van der Waals surface area contributed by atoms with Crippen LogP contribution < -0.4 is 15.8 Å². The standard InChI is InChI=1S/C11H17N3O3S2/c1-8(7-17-2)13-11(18)14-9-3-5-10(6-4-9)19(12,15)16/h3-6,8H,7H2,1-2H3,(H2,12,15,16)(H2,13,14,18). The fourth-order valence-electron chi connectivity index (χ4n) is 1.41. The number of nitrogens with one attached hydrogen (secondary N) is 2. The third-order valence-corrected chi connectivity index (χ3v) is 3.38. The summed E-state index contributed by atoms with van der Waals surface area (Å²) < 4.78 is 27.2. The van der Waals surface area contributed by atoms with Gasteiger partial charge in [-0.1, -0.05) is 0 Å². The van der Waals surface area contributed by atoms with Crippen molar-refractivity contribution in [2.75, 3.05) is 19.0 Å². The van der Waals surface area contributed by atoms with Crippen molar-refractivity contribution >= 4 is 33.0 Å². The lowest BCUT2D eigenvalue weighted by Crippen LogP contribution is -2.38. The third kappa shape index (κ3) is 5.52. The summed E-state index contributed by atoms with van der Waals surface area (Å²) in [5.74, 6) is 0. The van der Waals surface area contributed by atoms with E-state index in [1.807, 2.05) is 6.92 Å². The molecule has 106 valence electrons. The second-order valence-corrected chi connectivity index (χ2v) is 5.99. The van der Waals surface area contributed by atoms with Gasteiger partial charge in [0.25, 0.3) is 0 Å². The number of methoxy groups -OCH3 is 1. The van der Waals surface area contributed by atoms with Crippen molar-refractivity contribution in [3.8, 4) is 0 Å². The summed E-state index contributed by atoms with van der Waals surface area (Å²) in [6, 6.07) is 6.09. The summed E-state index contributed by atoms with van der Waals surface area (Å²) in [4.78, 5) is 0.0599. The number of nitrogens with two attached hydrogens (primary N) is 1. The number of hydrogen-bond acceptors (Lipinski definition) is 4. The van der Waals surface area contributed by atoms with E-state index in [-0.39, 0.29) is 10.9 Å². The molecule has 0 spiro atoms. The van der Waals surface area contributed by atoms with Crippen molar-refractivity contribution in [1.82, 2.24) is 5.32 Å². The van der Waals surface area contributed by atoms with Crippen molar-refractivity contribution in [2.45, 2.75) is 17.9 Å². The monoisotopic (exact) mass is 303 g/mol. The highest BCUT2D eigenvalue weighted by molar-refractivity contribution is 7.89. The van der Waals surface area contributed by atoms with E-state index >= 15 is 0 Å². The van der Waals surface area contributed by atoms with Crippen molar-refractivity contribution in [3.63, 3.8) is 0 Å². The molecule has 19 heavy (non-hydrogen) atoms. The predicted octanol–water partition coefficient (Wildman–Crippen LogP) is 0.655. The van der Waals surface area contributed by atoms with Crippen molar-refractivity contribution in [2.24, 2.45) is 5.14 Å². The summed E-state index contributed by atoms with van der Waals surface area (Å²) in [6.07, 6.45) is 0. The molecular weight excluding hydrogens is 286 g/mol. The summed E-state index contributed by atoms with van der Waals surface area (Å²) in [5.41, 5.74) is 0.675. The van der Waals surface area contributed by atoms with Crippen LogP contribution in [0.4, 0.5) is 5.69 Å². The van der Waals surface area contributed by atoms with Gasteiger partial charge in [-0.2, -0.15) is 0 Å². The molecule has 1 atom stereocenters. The molecule has 1 aromatic rings. The minimum Gasteiger partial charge on any atom is -0.383 e. The molecule has 6 nitrogen and oxygen atoms in total. The van der Waals surface area contributed by atoms with Gasteiger partial charge in [0.15, 0.2) is 5.11 Å². The Morgan fingerprint density at radius 2 is 2.00 bits per heavy atom. The first-order chi connectivity index (χ1) is 8.82. The molecule has 0 aromatic heterocycles. The first kappa shape index (κ1) is 15.8. The first-order valence-corrected chi connectivity index (χ1v) is 7.47. The van der Waals surface area contributed by atoms with E-state index in [1.54, 1.807) is 19.2 Å². The Balaban J connectivity index is 2.61. The quantitative estimate of drug-likeness (QED) is 0.692. The van der Waals surface area contributed by atoms with Gasteiger partial charge in [0.05, 0.1) is 11.5 Å². The number of sulfonamides is 1. The molecule has 0 fully saturated rings. The number of thiocarbonyl (C=S) groups is 1. The second kappa shape index (κ2) is 6.80. The van der Waals surface area contributed by atoms with Gasteiger partial charge in [-0.3, -0.25) is 0 Å². The minimum absolute atomic E-state index is 0.0599. The fraction of sp³-hybridized carbons (Fsp3) is 0.364. The number of benzene rings is 1. The van der Waals surface area contributed by atoms with E-state index in [0.717, 1.165) is 0 Å². The minimum atomic E-state index is -3.67. The SMILES string of the molecule is COCC(C)NC(=S)Nc1ccc(S(N)(=O)=O)cc1. The van der Waals surface area contributed by atoms with Gasteiger partial charge in [0, 0.05) is 18.8 Å². The van der Waals surface area contributed by atoms with E-state index in [1.165, 1.54) is 12.1 Å². The number of ether oxygens (including phenoxy) is 1. The lowest BCUT2D eigenvalue weighted by Gasteiger charge is -2.16. The zero-order chi connectivity index (χ0) is 14.5. The van der Waals surface area contributed by atoms with Crippen LogP contribution in [0.1, 0.15) is 6.92 Å². The number of primary sulfonamides is 1. The summed E-state index contributed by atoms with van der Waals surface area (Å²) in [5, 5.41) is 11.4. The topological polar surface area (TPSA) is 93.4 Å². The highest BCUT2D eigenvalue weighted by Gasteiger charge is 2.08. The zero-order valence-corrected chi connectivity index (χ0v) is 12.3. The second-order valence-electron chi connectivity index (χ2n) is 4.02. The van der Waals surface area contributed by atoms with E-state index < -0.39 is 10.0 Å². The number of anilines is 1. The molecule has 0 aliphatic heterocycles. The Hall–Kier alpha value is -1.22. The van der Waals surface area contributed by atoms with Crippen LogP contribution in [0.2, 0.25) is 0 Å². The van der Waals surface area contributed by atoms with Crippen molar-refractivity contribution in [1.29, 1.82) is 0 Å². The summed E-state index contributed by atoms with van der Waals surface area (Å²) >= 11 is 5.11. The van der Waals surface area contributed by atoms with Crippen LogP contribution in [0.15, 0.2) is 29.2 Å². The van der Waals surface area contributed by atoms with Crippen LogP contribution in [0.3, 0.4) is 0 Å². The van der Waals surface area contributed by atoms with Gasteiger partial charge in [0.2, 0.25) is 10.0 Å². The molecule has 1 rings (SSSR count). The highest BCUT2D eigenvalue weighted by atomic mass is 32.2. The number of rotatable bonds is 5. The Kier molecular flexibility index (Phi) is 5.67. The fourth-order valence-corrected chi connectivity index (χ4v) is 2.25. The normalized spacial score (nSPS) is 12.8. The van der Waals surface area contributed by atoms with Crippen molar-refractivity contribution in [3.05, 3.63) is 24.3 Å². The van der Waals surface area contributed by atoms with Gasteiger partial charge in [-0.25, -0.2) is 13.6 Å². The molecular formula is C11H17N3O3S2. The molecule has 0 aliphatic carbocycles. The molecule has 1 aromatic carbocycles. The summed E-state index contributed by atoms with van der Waals surface area (Å²) in [6.45, 7) is 2.47. The lowest BCUT2D eigenvalue weighted by molar-refractivity contribution is 0.179. The zero-order valence-electron chi connectivity index (χ0n) is 10.7. The first-order valence-electron chi connectivity index (χ1n) is 5.52. The molecule has 0 saturated heterocycles. The van der Waals surface area contributed by atoms with Gasteiger partial charge in [-0.05, 0) is 43.4 Å². The predicted molar refractivity (Wildman–Crippen MR) is 78.5 cm³/mol. The largest absolute Gasteiger partial charge is 0.383 e. The maximum Gasteiger partial charge on any atom is 0.238 e. The molecule has 0 amide bonds. The van der Waals surface area contributed by atoms with Crippen LogP contribution in [0, 0.1) is 0 Å².